The van der Waals surface area contributed by atoms with Crippen LogP contribution in [0.15, 0.2) is 46.5 Å². The van der Waals surface area contributed by atoms with Crippen LogP contribution in [0.1, 0.15) is 24.1 Å². The molecule has 0 saturated carbocycles. The van der Waals surface area contributed by atoms with Crippen LogP contribution < -0.4 is 4.74 Å². The lowest BCUT2D eigenvalue weighted by molar-refractivity contribution is 0.137. The summed E-state index contributed by atoms with van der Waals surface area (Å²) in [4.78, 5) is 27.0. The van der Waals surface area contributed by atoms with E-state index in [1.807, 2.05) is 0 Å². The summed E-state index contributed by atoms with van der Waals surface area (Å²) in [6, 6.07) is 6.72. The molecule has 0 atom stereocenters. The van der Waals surface area contributed by atoms with Gasteiger partial charge >= 0.3 is 6.09 Å². The zero-order valence-corrected chi connectivity index (χ0v) is 15.9. The third-order valence-electron chi connectivity index (χ3n) is 5.14. The third kappa shape index (κ3) is 4.31. The summed E-state index contributed by atoms with van der Waals surface area (Å²) < 4.78 is 32.3. The van der Waals surface area contributed by atoms with Crippen molar-refractivity contribution in [3.63, 3.8) is 0 Å². The van der Waals surface area contributed by atoms with Crippen molar-refractivity contribution in [3.8, 4) is 5.75 Å². The van der Waals surface area contributed by atoms with Crippen LogP contribution in [-0.2, 0) is 0 Å². The fraction of sp³-hybridized carbons (Fsp3) is 0.333. The first-order chi connectivity index (χ1) is 14.0. The number of likely N-dealkylation sites (tertiary alicyclic amines) is 1. The van der Waals surface area contributed by atoms with Gasteiger partial charge in [-0.25, -0.2) is 18.6 Å². The summed E-state index contributed by atoms with van der Waals surface area (Å²) >= 11 is 0. The van der Waals surface area contributed by atoms with E-state index >= 15 is 0 Å². The molecule has 0 N–H and O–H groups in total. The average molecular weight is 398 g/mol. The maximum Gasteiger partial charge on any atom is 0.415 e. The number of piperidine rings is 1. The molecule has 1 saturated heterocycles. The first-order valence-electron chi connectivity index (χ1n) is 9.46. The lowest BCUT2D eigenvalue weighted by Crippen LogP contribution is -2.42. The number of ether oxygens (including phenoxy) is 1. The SMILES string of the molecule is Cc1ncccc1OC(=O)N1CCC(C2=NC(c3cc(F)cc(F)c3)=NC2)CC1. The van der Waals surface area contributed by atoms with Gasteiger partial charge in [0.25, 0.3) is 0 Å². The largest absolute Gasteiger partial charge is 0.415 e. The number of carbonyl (C=O) groups excluding carboxylic acids is 1. The second-order valence-electron chi connectivity index (χ2n) is 7.12. The van der Waals surface area contributed by atoms with Crippen LogP contribution >= 0.6 is 0 Å². The Morgan fingerprint density at radius 1 is 1.17 bits per heavy atom. The van der Waals surface area contributed by atoms with Crippen LogP contribution in [0.4, 0.5) is 13.6 Å². The molecular formula is C21H20F2N4O2. The van der Waals surface area contributed by atoms with E-state index in [2.05, 4.69) is 15.0 Å². The van der Waals surface area contributed by atoms with E-state index in [4.69, 9.17) is 4.74 Å². The van der Waals surface area contributed by atoms with Gasteiger partial charge in [0, 0.05) is 42.5 Å². The highest BCUT2D eigenvalue weighted by Crippen LogP contribution is 2.24. The molecule has 1 aromatic heterocycles. The Kier molecular flexibility index (Phi) is 5.33. The fourth-order valence-corrected chi connectivity index (χ4v) is 3.55. The quantitative estimate of drug-likeness (QED) is 0.790. The summed E-state index contributed by atoms with van der Waals surface area (Å²) in [6.45, 7) is 3.30. The van der Waals surface area contributed by atoms with Gasteiger partial charge in [0.05, 0.1) is 12.2 Å². The molecule has 29 heavy (non-hydrogen) atoms. The summed E-state index contributed by atoms with van der Waals surface area (Å²) in [5, 5.41) is 0. The van der Waals surface area contributed by atoms with Crippen molar-refractivity contribution in [1.29, 1.82) is 0 Å². The van der Waals surface area contributed by atoms with Crippen LogP contribution in [0, 0.1) is 24.5 Å². The number of amides is 1. The van der Waals surface area contributed by atoms with Gasteiger partial charge in [0.2, 0.25) is 0 Å². The van der Waals surface area contributed by atoms with Gasteiger partial charge < -0.3 is 9.64 Å². The number of benzene rings is 1. The van der Waals surface area contributed by atoms with Crippen molar-refractivity contribution in [2.24, 2.45) is 15.9 Å². The smallest absolute Gasteiger partial charge is 0.408 e. The molecule has 0 bridgehead atoms. The summed E-state index contributed by atoms with van der Waals surface area (Å²) in [5.41, 5.74) is 1.89. The lowest BCUT2D eigenvalue weighted by Gasteiger charge is -2.31. The number of aryl methyl sites for hydroxylation is 1. The van der Waals surface area contributed by atoms with E-state index in [-0.39, 0.29) is 12.0 Å². The van der Waals surface area contributed by atoms with E-state index in [1.165, 1.54) is 12.1 Å². The van der Waals surface area contributed by atoms with Crippen molar-refractivity contribution in [3.05, 3.63) is 59.4 Å². The zero-order chi connectivity index (χ0) is 20.4. The average Bonchev–Trinajstić information content (AvgIpc) is 3.19. The number of aromatic nitrogens is 1. The summed E-state index contributed by atoms with van der Waals surface area (Å²) in [7, 11) is 0. The highest BCUT2D eigenvalue weighted by molar-refractivity contribution is 6.12. The van der Waals surface area contributed by atoms with Crippen LogP contribution in [-0.4, -0.2) is 47.2 Å². The molecule has 2 aliphatic rings. The van der Waals surface area contributed by atoms with E-state index in [0.717, 1.165) is 24.6 Å². The van der Waals surface area contributed by atoms with Crippen molar-refractivity contribution in [1.82, 2.24) is 9.88 Å². The molecule has 150 valence electrons. The van der Waals surface area contributed by atoms with Crippen LogP contribution in [0.2, 0.25) is 0 Å². The minimum absolute atomic E-state index is 0.179. The van der Waals surface area contributed by atoms with Gasteiger partial charge in [0.1, 0.15) is 11.6 Å². The predicted octanol–water partition coefficient (Wildman–Crippen LogP) is 3.78. The van der Waals surface area contributed by atoms with Gasteiger partial charge in [-0.05, 0) is 44.0 Å². The van der Waals surface area contributed by atoms with Gasteiger partial charge in [0.15, 0.2) is 11.6 Å². The lowest BCUT2D eigenvalue weighted by atomic mass is 9.92. The Morgan fingerprint density at radius 2 is 1.90 bits per heavy atom. The van der Waals surface area contributed by atoms with Crippen molar-refractivity contribution in [2.75, 3.05) is 19.6 Å². The van der Waals surface area contributed by atoms with Crippen molar-refractivity contribution in [2.45, 2.75) is 19.8 Å². The highest BCUT2D eigenvalue weighted by Gasteiger charge is 2.29. The van der Waals surface area contributed by atoms with Crippen molar-refractivity contribution >= 4 is 17.6 Å². The number of halogens is 2. The van der Waals surface area contributed by atoms with E-state index < -0.39 is 11.6 Å². The van der Waals surface area contributed by atoms with Gasteiger partial charge in [-0.15, -0.1) is 0 Å². The number of hydrogen-bond acceptors (Lipinski definition) is 5. The van der Waals surface area contributed by atoms with Crippen molar-refractivity contribution < 1.29 is 18.3 Å². The minimum atomic E-state index is -0.651. The molecule has 2 aromatic rings. The number of amidine groups is 1. The Bertz CT molecular complexity index is 978. The summed E-state index contributed by atoms with van der Waals surface area (Å²) in [6.07, 6.45) is 2.73. The Morgan fingerprint density at radius 3 is 2.59 bits per heavy atom. The van der Waals surface area contributed by atoms with E-state index in [9.17, 15) is 13.6 Å². The minimum Gasteiger partial charge on any atom is -0.408 e. The molecule has 0 spiro atoms. The fourth-order valence-electron chi connectivity index (χ4n) is 3.55. The van der Waals surface area contributed by atoms with Gasteiger partial charge in [-0.2, -0.15) is 0 Å². The molecule has 3 heterocycles. The topological polar surface area (TPSA) is 67.2 Å². The highest BCUT2D eigenvalue weighted by atomic mass is 19.1. The molecule has 6 nitrogen and oxygen atoms in total. The third-order valence-corrected chi connectivity index (χ3v) is 5.14. The first kappa shape index (κ1) is 19.2. The van der Waals surface area contributed by atoms with Gasteiger partial charge in [-0.1, -0.05) is 0 Å². The van der Waals surface area contributed by atoms with Crippen LogP contribution in [0.3, 0.4) is 0 Å². The molecule has 1 aromatic carbocycles. The molecule has 0 aliphatic carbocycles. The Hall–Kier alpha value is -3.16. The Labute approximate surface area is 167 Å². The van der Waals surface area contributed by atoms with Gasteiger partial charge in [-0.3, -0.25) is 9.98 Å². The molecule has 1 fully saturated rings. The van der Waals surface area contributed by atoms with Crippen LogP contribution in [0.25, 0.3) is 0 Å². The standard InChI is InChI=1S/C21H20F2N4O2/c1-13-19(3-2-6-24-13)29-21(28)27-7-4-14(5-8-27)18-12-25-20(26-18)15-9-16(22)11-17(23)10-15/h2-3,6,9-11,14H,4-5,7-8,12H2,1H3. The van der Waals surface area contributed by atoms with E-state index in [0.29, 0.717) is 42.5 Å². The zero-order valence-electron chi connectivity index (χ0n) is 15.9. The normalized spacial score (nSPS) is 17.1. The number of hydrogen-bond donors (Lipinski definition) is 0. The number of rotatable bonds is 3. The number of pyridine rings is 1. The monoisotopic (exact) mass is 398 g/mol. The molecule has 8 heteroatoms. The molecule has 4 rings (SSSR count). The number of nitrogens with zero attached hydrogens (tertiary/aromatic N) is 4. The molecular weight excluding hydrogens is 378 g/mol. The number of carbonyl (C=O) groups is 1. The maximum atomic E-state index is 13.4. The maximum absolute atomic E-state index is 13.4. The van der Waals surface area contributed by atoms with E-state index in [1.54, 1.807) is 30.2 Å². The second kappa shape index (κ2) is 8.06. The van der Waals surface area contributed by atoms with Crippen LogP contribution in [0.5, 0.6) is 5.75 Å². The number of aliphatic imine (C=N–C) groups is 2. The predicted molar refractivity (Wildman–Crippen MR) is 104 cm³/mol. The molecule has 2 aliphatic heterocycles. The second-order valence-corrected chi connectivity index (χ2v) is 7.12. The first-order valence-corrected chi connectivity index (χ1v) is 9.46. The molecule has 0 unspecified atom stereocenters. The molecule has 1 amide bonds. The molecule has 0 radical (unpaired) electrons. The Balaban J connectivity index is 1.35. The summed E-state index contributed by atoms with van der Waals surface area (Å²) in [5.74, 6) is -0.310.